The van der Waals surface area contributed by atoms with E-state index in [1.165, 1.54) is 161 Å². The number of unbranched alkanes of at least 4 members (excludes halogenated alkanes) is 27. The molecule has 0 heterocycles. The molecule has 0 spiro atoms. The number of aliphatic hydroxyl groups excluding tert-OH is 2. The SMILES string of the molecule is CCCCCCCCCCCCCCCCCCCCCC(=O)NC(CO)C(O)CCCCCCCCCCCC. The fraction of sp³-hybridized carbons (Fsp3) is 0.973. The average Bonchev–Trinajstić information content (AvgIpc) is 2.97. The predicted octanol–water partition coefficient (Wildman–Crippen LogP) is 11.0. The normalized spacial score (nSPS) is 13.0. The van der Waals surface area contributed by atoms with Gasteiger partial charge in [-0.05, 0) is 12.8 Å². The summed E-state index contributed by atoms with van der Waals surface area (Å²) in [6.07, 6.45) is 38.8. The van der Waals surface area contributed by atoms with Crippen LogP contribution in [0.15, 0.2) is 0 Å². The molecule has 0 aliphatic carbocycles. The van der Waals surface area contributed by atoms with Crippen LogP contribution in [-0.2, 0) is 4.79 Å². The Morgan fingerprint density at radius 3 is 1.10 bits per heavy atom. The van der Waals surface area contributed by atoms with E-state index in [2.05, 4.69) is 19.2 Å². The summed E-state index contributed by atoms with van der Waals surface area (Å²) in [5, 5.41) is 23.0. The number of carbonyl (C=O) groups excluding carboxylic acids is 1. The Labute approximate surface area is 257 Å². The lowest BCUT2D eigenvalue weighted by molar-refractivity contribution is -0.123. The van der Waals surface area contributed by atoms with Crippen LogP contribution in [-0.4, -0.2) is 34.9 Å². The van der Waals surface area contributed by atoms with Gasteiger partial charge in [-0.2, -0.15) is 0 Å². The van der Waals surface area contributed by atoms with Crippen LogP contribution >= 0.6 is 0 Å². The molecule has 41 heavy (non-hydrogen) atoms. The van der Waals surface area contributed by atoms with E-state index in [0.29, 0.717) is 12.8 Å². The van der Waals surface area contributed by atoms with Crippen molar-refractivity contribution in [1.82, 2.24) is 5.32 Å². The smallest absolute Gasteiger partial charge is 0.220 e. The maximum Gasteiger partial charge on any atom is 0.220 e. The van der Waals surface area contributed by atoms with Gasteiger partial charge in [0.2, 0.25) is 5.91 Å². The maximum atomic E-state index is 12.3. The van der Waals surface area contributed by atoms with Gasteiger partial charge in [-0.1, -0.05) is 194 Å². The molecule has 246 valence electrons. The minimum atomic E-state index is -0.650. The minimum Gasteiger partial charge on any atom is -0.394 e. The summed E-state index contributed by atoms with van der Waals surface area (Å²) in [4.78, 5) is 12.3. The molecule has 0 aliphatic rings. The van der Waals surface area contributed by atoms with E-state index in [4.69, 9.17) is 0 Å². The third-order valence-electron chi connectivity index (χ3n) is 8.87. The second-order valence-corrected chi connectivity index (χ2v) is 13.0. The summed E-state index contributed by atoms with van der Waals surface area (Å²) in [5.74, 6) is -0.0295. The molecule has 0 aliphatic heterocycles. The Bertz CT molecular complexity index is 512. The van der Waals surface area contributed by atoms with Crippen LogP contribution in [0, 0.1) is 0 Å². The molecule has 0 saturated heterocycles. The van der Waals surface area contributed by atoms with Crippen molar-refractivity contribution in [3.05, 3.63) is 0 Å². The van der Waals surface area contributed by atoms with Crippen molar-refractivity contribution in [2.45, 2.75) is 225 Å². The first-order chi connectivity index (χ1) is 20.2. The lowest BCUT2D eigenvalue weighted by Crippen LogP contribution is -2.45. The van der Waals surface area contributed by atoms with Crippen LogP contribution in [0.25, 0.3) is 0 Å². The van der Waals surface area contributed by atoms with Crippen molar-refractivity contribution in [3.63, 3.8) is 0 Å². The molecule has 0 aromatic carbocycles. The first-order valence-electron chi connectivity index (χ1n) is 18.7. The van der Waals surface area contributed by atoms with Crippen LogP contribution < -0.4 is 5.32 Å². The molecule has 0 aromatic rings. The van der Waals surface area contributed by atoms with Crippen LogP contribution in [0.2, 0.25) is 0 Å². The molecule has 0 saturated carbocycles. The van der Waals surface area contributed by atoms with Crippen molar-refractivity contribution < 1.29 is 15.0 Å². The van der Waals surface area contributed by atoms with Crippen molar-refractivity contribution in [2.75, 3.05) is 6.61 Å². The predicted molar refractivity (Wildman–Crippen MR) is 179 cm³/mol. The molecule has 2 unspecified atom stereocenters. The summed E-state index contributed by atoms with van der Waals surface area (Å²) in [7, 11) is 0. The van der Waals surface area contributed by atoms with Crippen LogP contribution in [0.4, 0.5) is 0 Å². The Kier molecular flexibility index (Phi) is 33.4. The molecular weight excluding hydrogens is 506 g/mol. The Morgan fingerprint density at radius 2 is 0.780 bits per heavy atom. The van der Waals surface area contributed by atoms with Crippen LogP contribution in [0.5, 0.6) is 0 Å². The van der Waals surface area contributed by atoms with Gasteiger partial charge in [0, 0.05) is 6.42 Å². The second kappa shape index (κ2) is 33.9. The van der Waals surface area contributed by atoms with E-state index in [0.717, 1.165) is 25.7 Å². The molecule has 4 heteroatoms. The second-order valence-electron chi connectivity index (χ2n) is 13.0. The quantitative estimate of drug-likeness (QED) is 0.0662. The zero-order valence-electron chi connectivity index (χ0n) is 28.1. The third kappa shape index (κ3) is 30.6. The van der Waals surface area contributed by atoms with E-state index in [9.17, 15) is 15.0 Å². The highest BCUT2D eigenvalue weighted by Gasteiger charge is 2.19. The van der Waals surface area contributed by atoms with Gasteiger partial charge < -0.3 is 15.5 Å². The Morgan fingerprint density at radius 1 is 0.488 bits per heavy atom. The highest BCUT2D eigenvalue weighted by molar-refractivity contribution is 5.76. The fourth-order valence-corrected chi connectivity index (χ4v) is 5.95. The number of amides is 1. The standard InChI is InChI=1S/C37H75NO3/c1-3-5-7-9-11-13-15-16-17-18-19-20-21-22-23-25-27-29-31-33-37(41)38-35(34-39)36(40)32-30-28-26-24-14-12-10-8-6-4-2/h35-36,39-40H,3-34H2,1-2H3,(H,38,41). The topological polar surface area (TPSA) is 69.6 Å². The van der Waals surface area contributed by atoms with Gasteiger partial charge >= 0.3 is 0 Å². The molecule has 1 amide bonds. The summed E-state index contributed by atoms with van der Waals surface area (Å²) in [5.41, 5.74) is 0. The number of aliphatic hydroxyl groups is 2. The summed E-state index contributed by atoms with van der Waals surface area (Å²) < 4.78 is 0. The van der Waals surface area contributed by atoms with Gasteiger partial charge in [0.05, 0.1) is 18.8 Å². The number of rotatable bonds is 34. The Balaban J connectivity index is 3.47. The minimum absolute atomic E-state index is 0.0295. The highest BCUT2D eigenvalue weighted by atomic mass is 16.3. The molecular formula is C37H75NO3. The largest absolute Gasteiger partial charge is 0.394 e. The van der Waals surface area contributed by atoms with Gasteiger partial charge in [-0.25, -0.2) is 0 Å². The van der Waals surface area contributed by atoms with E-state index in [1.54, 1.807) is 0 Å². The molecule has 0 bridgehead atoms. The Hall–Kier alpha value is -0.610. The van der Waals surface area contributed by atoms with Crippen molar-refractivity contribution in [2.24, 2.45) is 0 Å². The molecule has 2 atom stereocenters. The van der Waals surface area contributed by atoms with Gasteiger partial charge in [0.25, 0.3) is 0 Å². The summed E-state index contributed by atoms with van der Waals surface area (Å²) in [6.45, 7) is 4.35. The fourth-order valence-electron chi connectivity index (χ4n) is 5.95. The van der Waals surface area contributed by atoms with E-state index in [1.807, 2.05) is 0 Å². The van der Waals surface area contributed by atoms with E-state index in [-0.39, 0.29) is 12.5 Å². The number of hydrogen-bond donors (Lipinski definition) is 3. The first kappa shape index (κ1) is 40.4. The summed E-state index contributed by atoms with van der Waals surface area (Å²) >= 11 is 0. The lowest BCUT2D eigenvalue weighted by Gasteiger charge is -2.22. The molecule has 0 fully saturated rings. The van der Waals surface area contributed by atoms with Crippen molar-refractivity contribution in [1.29, 1.82) is 0 Å². The monoisotopic (exact) mass is 582 g/mol. The van der Waals surface area contributed by atoms with Crippen LogP contribution in [0.3, 0.4) is 0 Å². The maximum absolute atomic E-state index is 12.3. The number of nitrogens with one attached hydrogen (secondary N) is 1. The zero-order valence-corrected chi connectivity index (χ0v) is 28.1. The van der Waals surface area contributed by atoms with E-state index < -0.39 is 12.1 Å². The lowest BCUT2D eigenvalue weighted by atomic mass is 10.0. The van der Waals surface area contributed by atoms with Gasteiger partial charge in [0.15, 0.2) is 0 Å². The molecule has 3 N–H and O–H groups in total. The van der Waals surface area contributed by atoms with Gasteiger partial charge in [-0.15, -0.1) is 0 Å². The van der Waals surface area contributed by atoms with Crippen molar-refractivity contribution in [3.8, 4) is 0 Å². The molecule has 0 aromatic heterocycles. The van der Waals surface area contributed by atoms with Crippen LogP contribution in [0.1, 0.15) is 213 Å². The zero-order chi connectivity index (χ0) is 30.1. The number of hydrogen-bond acceptors (Lipinski definition) is 3. The number of carbonyl (C=O) groups is 1. The molecule has 4 nitrogen and oxygen atoms in total. The highest BCUT2D eigenvalue weighted by Crippen LogP contribution is 2.16. The van der Waals surface area contributed by atoms with Gasteiger partial charge in [-0.3, -0.25) is 4.79 Å². The molecule has 0 rings (SSSR count). The summed E-state index contributed by atoms with van der Waals surface area (Å²) in [6, 6.07) is -0.526. The van der Waals surface area contributed by atoms with E-state index >= 15 is 0 Å². The molecule has 0 radical (unpaired) electrons. The van der Waals surface area contributed by atoms with Gasteiger partial charge in [0.1, 0.15) is 0 Å². The average molecular weight is 582 g/mol. The van der Waals surface area contributed by atoms with Crippen molar-refractivity contribution >= 4 is 5.91 Å². The first-order valence-corrected chi connectivity index (χ1v) is 18.7. The third-order valence-corrected chi connectivity index (χ3v) is 8.87.